The Morgan fingerprint density at radius 1 is 1.33 bits per heavy atom. The van der Waals surface area contributed by atoms with Crippen LogP contribution in [-0.4, -0.2) is 18.2 Å². The molecule has 0 fully saturated rings. The van der Waals surface area contributed by atoms with E-state index in [4.69, 9.17) is 5.11 Å². The molecular formula is C15H20O3. The summed E-state index contributed by atoms with van der Waals surface area (Å²) in [6, 6.07) is 6.68. The third-order valence-corrected chi connectivity index (χ3v) is 2.21. The largest absolute Gasteiger partial charge is 0.508 e. The van der Waals surface area contributed by atoms with Gasteiger partial charge in [-0.25, -0.2) is 0 Å². The number of methoxy groups -OCH3 is 1. The Balaban J connectivity index is 0.00000137. The zero-order valence-electron chi connectivity index (χ0n) is 11.4. The van der Waals surface area contributed by atoms with Crippen LogP contribution in [0.1, 0.15) is 38.7 Å². The van der Waals surface area contributed by atoms with Crippen molar-refractivity contribution in [2.45, 2.75) is 33.1 Å². The fourth-order valence-corrected chi connectivity index (χ4v) is 1.38. The van der Waals surface area contributed by atoms with Crippen LogP contribution in [0.5, 0.6) is 5.75 Å². The first kappa shape index (κ1) is 16.1. The van der Waals surface area contributed by atoms with Crippen LogP contribution in [0.25, 0.3) is 0 Å². The van der Waals surface area contributed by atoms with E-state index in [1.54, 1.807) is 31.2 Å². The molecule has 1 atom stereocenters. The molecule has 0 saturated carbocycles. The molecule has 0 unspecified atom stereocenters. The van der Waals surface area contributed by atoms with Gasteiger partial charge in [0.15, 0.2) is 0 Å². The van der Waals surface area contributed by atoms with Gasteiger partial charge in [-0.3, -0.25) is 4.79 Å². The lowest BCUT2D eigenvalue weighted by atomic mass is 9.96. The van der Waals surface area contributed by atoms with Crippen molar-refractivity contribution in [3.8, 4) is 17.6 Å². The van der Waals surface area contributed by atoms with Crippen molar-refractivity contribution in [1.29, 1.82) is 0 Å². The van der Waals surface area contributed by atoms with E-state index in [-0.39, 0.29) is 24.1 Å². The average Bonchev–Trinajstić information content (AvgIpc) is 2.41. The first-order valence-corrected chi connectivity index (χ1v) is 5.95. The minimum atomic E-state index is -0.291. The van der Waals surface area contributed by atoms with Crippen molar-refractivity contribution in [2.75, 3.05) is 7.11 Å². The molecule has 1 N–H and O–H groups in total. The Labute approximate surface area is 109 Å². The molecule has 0 bridgehead atoms. The van der Waals surface area contributed by atoms with Gasteiger partial charge in [-0.1, -0.05) is 31.9 Å². The van der Waals surface area contributed by atoms with E-state index in [2.05, 4.69) is 16.6 Å². The molecule has 0 radical (unpaired) electrons. The SMILES string of the molecule is CC.CC#C[C@H](CC(=O)OC)c1ccc(O)cc1. The van der Waals surface area contributed by atoms with Crippen LogP contribution < -0.4 is 0 Å². The molecule has 0 spiro atoms. The van der Waals surface area contributed by atoms with E-state index < -0.39 is 0 Å². The number of hydrogen-bond donors (Lipinski definition) is 1. The summed E-state index contributed by atoms with van der Waals surface area (Å²) < 4.78 is 4.62. The highest BCUT2D eigenvalue weighted by Crippen LogP contribution is 2.21. The van der Waals surface area contributed by atoms with Crippen LogP contribution in [0.3, 0.4) is 0 Å². The molecule has 1 aromatic rings. The van der Waals surface area contributed by atoms with Crippen molar-refractivity contribution >= 4 is 5.97 Å². The van der Waals surface area contributed by atoms with Crippen molar-refractivity contribution in [2.24, 2.45) is 0 Å². The van der Waals surface area contributed by atoms with E-state index in [9.17, 15) is 4.79 Å². The summed E-state index contributed by atoms with van der Waals surface area (Å²) in [6.45, 7) is 5.73. The summed E-state index contributed by atoms with van der Waals surface area (Å²) in [5, 5.41) is 9.17. The van der Waals surface area contributed by atoms with Gasteiger partial charge in [0.1, 0.15) is 5.75 Å². The zero-order chi connectivity index (χ0) is 14.0. The molecule has 0 heterocycles. The number of phenolic OH excluding ortho intramolecular Hbond substituents is 1. The molecule has 18 heavy (non-hydrogen) atoms. The fraction of sp³-hybridized carbons (Fsp3) is 0.400. The maximum absolute atomic E-state index is 11.2. The summed E-state index contributed by atoms with van der Waals surface area (Å²) in [6.07, 6.45) is 0.224. The molecule has 1 rings (SSSR count). The van der Waals surface area contributed by atoms with Crippen molar-refractivity contribution in [3.63, 3.8) is 0 Å². The molecule has 0 saturated heterocycles. The van der Waals surface area contributed by atoms with E-state index in [0.717, 1.165) is 5.56 Å². The molecule has 0 aliphatic carbocycles. The zero-order valence-corrected chi connectivity index (χ0v) is 11.4. The highest BCUT2D eigenvalue weighted by atomic mass is 16.5. The van der Waals surface area contributed by atoms with Crippen LogP contribution in [0.4, 0.5) is 0 Å². The summed E-state index contributed by atoms with van der Waals surface area (Å²) in [5.74, 6) is 5.47. The van der Waals surface area contributed by atoms with Gasteiger partial charge in [0.05, 0.1) is 19.4 Å². The van der Waals surface area contributed by atoms with Gasteiger partial charge >= 0.3 is 5.97 Å². The summed E-state index contributed by atoms with van der Waals surface area (Å²) >= 11 is 0. The lowest BCUT2D eigenvalue weighted by Crippen LogP contribution is -2.07. The molecule has 0 aliphatic rings. The summed E-state index contributed by atoms with van der Waals surface area (Å²) in [7, 11) is 1.36. The maximum Gasteiger partial charge on any atom is 0.307 e. The predicted octanol–water partition coefficient (Wildman–Crippen LogP) is 3.09. The second-order valence-corrected chi connectivity index (χ2v) is 3.32. The minimum absolute atomic E-state index is 0.182. The molecule has 0 aliphatic heterocycles. The first-order valence-electron chi connectivity index (χ1n) is 5.95. The normalized spacial score (nSPS) is 10.2. The summed E-state index contributed by atoms with van der Waals surface area (Å²) in [5.41, 5.74) is 0.901. The van der Waals surface area contributed by atoms with Crippen LogP contribution in [-0.2, 0) is 9.53 Å². The van der Waals surface area contributed by atoms with Gasteiger partial charge in [-0.15, -0.1) is 5.92 Å². The Kier molecular flexibility index (Phi) is 8.13. The van der Waals surface area contributed by atoms with Gasteiger partial charge < -0.3 is 9.84 Å². The molecule has 98 valence electrons. The van der Waals surface area contributed by atoms with E-state index in [1.165, 1.54) is 7.11 Å². The van der Waals surface area contributed by atoms with Gasteiger partial charge in [0, 0.05) is 0 Å². The molecular weight excluding hydrogens is 228 g/mol. The third-order valence-electron chi connectivity index (χ3n) is 2.21. The van der Waals surface area contributed by atoms with E-state index in [0.29, 0.717) is 0 Å². The lowest BCUT2D eigenvalue weighted by Gasteiger charge is -2.09. The Morgan fingerprint density at radius 3 is 2.33 bits per heavy atom. The topological polar surface area (TPSA) is 46.5 Å². The second-order valence-electron chi connectivity index (χ2n) is 3.32. The molecule has 0 aromatic heterocycles. The fourth-order valence-electron chi connectivity index (χ4n) is 1.38. The van der Waals surface area contributed by atoms with Gasteiger partial charge in [0.25, 0.3) is 0 Å². The quantitative estimate of drug-likeness (QED) is 0.660. The van der Waals surface area contributed by atoms with E-state index in [1.807, 2.05) is 13.8 Å². The third kappa shape index (κ3) is 5.40. The number of benzene rings is 1. The number of carbonyl (C=O) groups is 1. The van der Waals surface area contributed by atoms with Gasteiger partial charge in [0.2, 0.25) is 0 Å². The first-order chi connectivity index (χ1) is 8.67. The number of carbonyl (C=O) groups excluding carboxylic acids is 1. The number of hydrogen-bond acceptors (Lipinski definition) is 3. The molecule has 0 amide bonds. The predicted molar refractivity (Wildman–Crippen MR) is 72.3 cm³/mol. The standard InChI is InChI=1S/C13H14O3.C2H6/c1-3-4-11(9-13(15)16-2)10-5-7-12(14)8-6-10;1-2/h5-8,11,14H,9H2,1-2H3;1-2H3/t11-;/m1./s1. The van der Waals surface area contributed by atoms with Gasteiger partial charge in [-0.2, -0.15) is 0 Å². The number of esters is 1. The maximum atomic E-state index is 11.2. The summed E-state index contributed by atoms with van der Waals surface area (Å²) in [4.78, 5) is 11.2. The van der Waals surface area contributed by atoms with Crippen molar-refractivity contribution < 1.29 is 14.6 Å². The van der Waals surface area contributed by atoms with Crippen molar-refractivity contribution in [3.05, 3.63) is 29.8 Å². The second kappa shape index (κ2) is 9.12. The monoisotopic (exact) mass is 248 g/mol. The van der Waals surface area contributed by atoms with Gasteiger partial charge in [-0.05, 0) is 24.6 Å². The lowest BCUT2D eigenvalue weighted by molar-refractivity contribution is -0.140. The molecule has 1 aromatic carbocycles. The Hall–Kier alpha value is -1.95. The van der Waals surface area contributed by atoms with Crippen molar-refractivity contribution in [1.82, 2.24) is 0 Å². The van der Waals surface area contributed by atoms with Crippen LogP contribution >= 0.6 is 0 Å². The highest BCUT2D eigenvalue weighted by molar-refractivity contribution is 5.71. The van der Waals surface area contributed by atoms with E-state index >= 15 is 0 Å². The highest BCUT2D eigenvalue weighted by Gasteiger charge is 2.13. The Morgan fingerprint density at radius 2 is 1.89 bits per heavy atom. The minimum Gasteiger partial charge on any atom is -0.508 e. The van der Waals surface area contributed by atoms with Crippen LogP contribution in [0.15, 0.2) is 24.3 Å². The smallest absolute Gasteiger partial charge is 0.307 e. The van der Waals surface area contributed by atoms with Crippen LogP contribution in [0, 0.1) is 11.8 Å². The van der Waals surface area contributed by atoms with Crippen LogP contribution in [0.2, 0.25) is 0 Å². The number of phenols is 1. The number of aromatic hydroxyl groups is 1. The number of rotatable bonds is 3. The molecule has 3 nitrogen and oxygen atoms in total. The molecule has 3 heteroatoms. The Bertz CT molecular complexity index is 410. The average molecular weight is 248 g/mol. The number of ether oxygens (including phenoxy) is 1.